The van der Waals surface area contributed by atoms with E-state index >= 15 is 0 Å². The van der Waals surface area contributed by atoms with E-state index < -0.39 is 5.54 Å². The van der Waals surface area contributed by atoms with Crippen LogP contribution >= 0.6 is 0 Å². The van der Waals surface area contributed by atoms with Crippen LogP contribution in [0.2, 0.25) is 0 Å². The van der Waals surface area contributed by atoms with Crippen molar-refractivity contribution < 1.29 is 4.79 Å². The first-order chi connectivity index (χ1) is 25.6. The van der Waals surface area contributed by atoms with Crippen LogP contribution in [0, 0.1) is 0 Å². The van der Waals surface area contributed by atoms with Crippen molar-refractivity contribution in [3.63, 3.8) is 0 Å². The van der Waals surface area contributed by atoms with E-state index in [1.165, 1.54) is 10.8 Å². The molecular weight excluding hydrogens is 647 g/mol. The molecule has 0 bridgehead atoms. The number of aliphatic imine (C=N–C) groups is 1. The lowest BCUT2D eigenvalue weighted by atomic mass is 9.74. The molecule has 3 heterocycles. The van der Waals surface area contributed by atoms with Gasteiger partial charge in [-0.2, -0.15) is 4.98 Å². The minimum atomic E-state index is -0.915. The van der Waals surface area contributed by atoms with Crippen molar-refractivity contribution in [2.24, 2.45) is 20.5 Å². The van der Waals surface area contributed by atoms with Gasteiger partial charge in [0, 0.05) is 51.2 Å². The second-order valence-corrected chi connectivity index (χ2v) is 13.0. The van der Waals surface area contributed by atoms with Gasteiger partial charge in [0.05, 0.1) is 11.4 Å². The number of fused-ring (bicyclic) bond motifs is 1. The summed E-state index contributed by atoms with van der Waals surface area (Å²) in [6.45, 7) is 2.09. The lowest BCUT2D eigenvalue weighted by Gasteiger charge is -2.44. The van der Waals surface area contributed by atoms with Gasteiger partial charge in [0.2, 0.25) is 17.8 Å². The average Bonchev–Trinajstić information content (AvgIpc) is 3.84. The van der Waals surface area contributed by atoms with Crippen molar-refractivity contribution in [2.45, 2.75) is 38.1 Å². The van der Waals surface area contributed by atoms with E-state index in [9.17, 15) is 9.59 Å². The molecule has 0 saturated carbocycles. The molecule has 2 aliphatic heterocycles. The van der Waals surface area contributed by atoms with Crippen LogP contribution in [0.15, 0.2) is 165 Å². The van der Waals surface area contributed by atoms with Crippen molar-refractivity contribution in [3.8, 4) is 11.1 Å². The molecule has 52 heavy (non-hydrogen) atoms. The molecule has 0 amide bonds. The molecule has 0 fully saturated rings. The van der Waals surface area contributed by atoms with Crippen LogP contribution in [0.1, 0.15) is 58.1 Å². The molecular formula is C43H36N7O2+. The number of hydrogen-bond donors (Lipinski definition) is 0. The number of carbonyl (C=O) groups excluding carboxylic acids is 1. The van der Waals surface area contributed by atoms with E-state index in [1.807, 2.05) is 48.8 Å². The number of para-hydroxylation sites is 1. The van der Waals surface area contributed by atoms with Gasteiger partial charge in [0.25, 0.3) is 11.5 Å². The third kappa shape index (κ3) is 5.34. The summed E-state index contributed by atoms with van der Waals surface area (Å²) >= 11 is 0. The van der Waals surface area contributed by atoms with E-state index in [0.717, 1.165) is 51.9 Å². The maximum absolute atomic E-state index is 13.3. The standard InChI is InChI=1S/C43H36N7O2/c1-2-3-22-38-37(41(52)46-42-44-29-40(51)49(38)42)28-31-24-26-32(27-25-31)36-21-13-14-23-39(36)50(30-45-47-48-50)43(33-15-7-4-8-16-33,34-17-9-5-10-18-34)35-19-11-6-12-20-35/h4-21,23-27,29-30H,2-3,22,28H2,1H3/q+1. The Morgan fingerprint density at radius 3 is 1.88 bits per heavy atom. The lowest BCUT2D eigenvalue weighted by molar-refractivity contribution is 0.0998. The van der Waals surface area contributed by atoms with Crippen LogP contribution in [0.4, 0.5) is 11.6 Å². The Bertz CT molecular complexity index is 2290. The summed E-state index contributed by atoms with van der Waals surface area (Å²) in [4.78, 5) is 34.2. The Balaban J connectivity index is 1.27. The Hall–Kier alpha value is -6.45. The minimum Gasteiger partial charge on any atom is -0.267 e. The second-order valence-electron chi connectivity index (χ2n) is 13.0. The molecule has 6 aromatic rings. The molecule has 0 radical (unpaired) electrons. The van der Waals surface area contributed by atoms with Gasteiger partial charge in [-0.25, -0.2) is 9.56 Å². The fourth-order valence-electron chi connectivity index (χ4n) is 7.66. The van der Waals surface area contributed by atoms with Crippen molar-refractivity contribution in [1.29, 1.82) is 0 Å². The molecule has 254 valence electrons. The summed E-state index contributed by atoms with van der Waals surface area (Å²) in [6.07, 6.45) is 5.78. The van der Waals surface area contributed by atoms with Crippen LogP contribution in [-0.4, -0.2) is 28.0 Å². The molecule has 5 aromatic carbocycles. The highest BCUT2D eigenvalue weighted by molar-refractivity contribution is 6.30. The third-order valence-electron chi connectivity index (χ3n) is 10.0. The van der Waals surface area contributed by atoms with Gasteiger partial charge in [-0.15, -0.1) is 0 Å². The van der Waals surface area contributed by atoms with Crippen LogP contribution in [-0.2, 0) is 18.4 Å². The zero-order valence-electron chi connectivity index (χ0n) is 28.7. The molecule has 1 aromatic heterocycles. The zero-order valence-corrected chi connectivity index (χ0v) is 28.7. The molecule has 1 atom stereocenters. The van der Waals surface area contributed by atoms with Crippen molar-refractivity contribution >= 4 is 30.1 Å². The van der Waals surface area contributed by atoms with Crippen LogP contribution < -0.4 is 10.2 Å². The average molecular weight is 683 g/mol. The summed E-state index contributed by atoms with van der Waals surface area (Å²) in [5, 5.41) is 13.8. The first-order valence-corrected chi connectivity index (χ1v) is 17.5. The molecule has 0 aliphatic carbocycles. The predicted molar refractivity (Wildman–Crippen MR) is 205 cm³/mol. The monoisotopic (exact) mass is 682 g/mol. The van der Waals surface area contributed by atoms with E-state index in [2.05, 4.69) is 124 Å². The summed E-state index contributed by atoms with van der Waals surface area (Å²) in [6, 6.07) is 47.7. The number of nitrogens with zero attached hydrogens (tertiary/aromatic N) is 7. The Labute approximate surface area is 301 Å². The Kier molecular flexibility index (Phi) is 8.62. The summed E-state index contributed by atoms with van der Waals surface area (Å²) in [5.74, 6) is -0.104. The lowest BCUT2D eigenvalue weighted by Crippen LogP contribution is -2.60. The second kappa shape index (κ2) is 13.7. The van der Waals surface area contributed by atoms with Gasteiger partial charge in [-0.3, -0.25) is 9.59 Å². The van der Waals surface area contributed by atoms with Crippen molar-refractivity contribution in [1.82, 2.24) is 14.1 Å². The molecule has 0 N–H and O–H groups in total. The fraction of sp³-hybridized carbons (Fsp3) is 0.140. The van der Waals surface area contributed by atoms with E-state index in [-0.39, 0.29) is 22.0 Å². The molecule has 0 spiro atoms. The summed E-state index contributed by atoms with van der Waals surface area (Å²) in [7, 11) is 0. The van der Waals surface area contributed by atoms with Crippen LogP contribution in [0.5, 0.6) is 0 Å². The highest BCUT2D eigenvalue weighted by Gasteiger charge is 2.60. The Morgan fingerprint density at radius 2 is 1.31 bits per heavy atom. The minimum absolute atomic E-state index is 0.0720. The number of rotatable bonds is 11. The van der Waals surface area contributed by atoms with Crippen molar-refractivity contribution in [2.75, 3.05) is 0 Å². The SMILES string of the molecule is CCCCc1c(Cc2ccc(-c3ccccc3[N+]3(C(c4ccccc4)(c4ccccc4)c4ccccc4)C=NN=N3)cc2)c(=O)nc2n1C(=O)C=N2. The number of hydrogen-bond acceptors (Lipinski definition) is 7. The first-order valence-electron chi connectivity index (χ1n) is 17.5. The Morgan fingerprint density at radius 1 is 0.712 bits per heavy atom. The summed E-state index contributed by atoms with van der Waals surface area (Å²) in [5.41, 5.74) is 6.80. The van der Waals surface area contributed by atoms with Crippen LogP contribution in [0.25, 0.3) is 11.1 Å². The highest BCUT2D eigenvalue weighted by atomic mass is 16.2. The van der Waals surface area contributed by atoms with Gasteiger partial charge in [0.1, 0.15) is 0 Å². The quantitative estimate of drug-likeness (QED) is 0.101. The molecule has 2 aliphatic rings. The topological polar surface area (TPSA) is 101 Å². The number of unbranched alkanes of at least 4 members (excludes halogenated alkanes) is 1. The van der Waals surface area contributed by atoms with Crippen molar-refractivity contribution in [3.05, 3.63) is 183 Å². The van der Waals surface area contributed by atoms with Crippen LogP contribution in [0.3, 0.4) is 0 Å². The van der Waals surface area contributed by atoms with Gasteiger partial charge in [0.15, 0.2) is 5.69 Å². The molecule has 9 nitrogen and oxygen atoms in total. The predicted octanol–water partition coefficient (Wildman–Crippen LogP) is 8.82. The number of aromatic nitrogens is 2. The van der Waals surface area contributed by atoms with Gasteiger partial charge < -0.3 is 0 Å². The maximum Gasteiger partial charge on any atom is 0.278 e. The van der Waals surface area contributed by atoms with E-state index in [1.54, 1.807) is 0 Å². The molecule has 9 heteroatoms. The number of carbonyl (C=O) groups is 1. The number of quaternary nitrogens is 1. The largest absolute Gasteiger partial charge is 0.278 e. The smallest absolute Gasteiger partial charge is 0.267 e. The van der Waals surface area contributed by atoms with Gasteiger partial charge in [-0.05, 0) is 30.0 Å². The molecule has 0 saturated heterocycles. The molecule has 1 unspecified atom stereocenters. The number of benzene rings is 5. The maximum atomic E-state index is 13.3. The van der Waals surface area contributed by atoms with E-state index in [4.69, 9.17) is 5.22 Å². The van der Waals surface area contributed by atoms with Gasteiger partial charge >= 0.3 is 0 Å². The molecule has 8 rings (SSSR count). The summed E-state index contributed by atoms with van der Waals surface area (Å²) < 4.78 is 1.42. The highest BCUT2D eigenvalue weighted by Crippen LogP contribution is 2.53. The first kappa shape index (κ1) is 32.7. The third-order valence-corrected chi connectivity index (χ3v) is 10.0. The zero-order chi connectivity index (χ0) is 35.5. The fourth-order valence-corrected chi connectivity index (χ4v) is 7.66. The van der Waals surface area contributed by atoms with Gasteiger partial charge in [-0.1, -0.05) is 150 Å². The normalized spacial score (nSPS) is 16.1. The van der Waals surface area contributed by atoms with E-state index in [0.29, 0.717) is 24.1 Å².